The number of carbonyl (C=O) groups excluding carboxylic acids is 2. The number of likely N-dealkylation sites (N-methyl/N-ethyl adjacent to an activating group) is 1. The first-order valence-electron chi connectivity index (χ1n) is 7.98. The normalized spacial score (nSPS) is 12.3. The smallest absolute Gasteiger partial charge is 0.331 e. The third-order valence-electron chi connectivity index (χ3n) is 3.58. The van der Waals surface area contributed by atoms with Crippen LogP contribution in [0.3, 0.4) is 0 Å². The van der Waals surface area contributed by atoms with Crippen LogP contribution in [0.4, 0.5) is 0 Å². The topological polar surface area (TPSA) is 98.1 Å². The van der Waals surface area contributed by atoms with Crippen LogP contribution in [0.15, 0.2) is 18.2 Å². The quantitative estimate of drug-likeness (QED) is 0.535. The maximum Gasteiger partial charge on any atom is 0.331 e. The molecular formula is C18H20N2O6. The monoisotopic (exact) mass is 360 g/mol. The van der Waals surface area contributed by atoms with E-state index in [2.05, 4.69) is 0 Å². The lowest BCUT2D eigenvalue weighted by atomic mass is 10.1. The number of nitrogens with zero attached hydrogens (tertiary/aromatic N) is 2. The minimum Gasteiger partial charge on any atom is -0.493 e. The summed E-state index contributed by atoms with van der Waals surface area (Å²) in [4.78, 5) is 24.9. The molecule has 2 rings (SSSR count). The van der Waals surface area contributed by atoms with Gasteiger partial charge in [-0.05, 0) is 23.8 Å². The second-order valence-corrected chi connectivity index (χ2v) is 5.41. The molecular weight excluding hydrogens is 340 g/mol. The Balaban J connectivity index is 1.94. The van der Waals surface area contributed by atoms with Crippen LogP contribution < -0.4 is 14.2 Å². The molecule has 1 amide bonds. The zero-order valence-corrected chi connectivity index (χ0v) is 14.7. The molecule has 26 heavy (non-hydrogen) atoms. The van der Waals surface area contributed by atoms with Crippen molar-refractivity contribution >= 4 is 18.0 Å². The van der Waals surface area contributed by atoms with E-state index in [9.17, 15) is 9.59 Å². The zero-order valence-electron chi connectivity index (χ0n) is 14.7. The van der Waals surface area contributed by atoms with Gasteiger partial charge in [0, 0.05) is 19.7 Å². The van der Waals surface area contributed by atoms with Gasteiger partial charge in [0.2, 0.25) is 5.75 Å². The first-order chi connectivity index (χ1) is 12.5. The van der Waals surface area contributed by atoms with E-state index < -0.39 is 5.97 Å². The zero-order chi connectivity index (χ0) is 18.9. The number of hydrogen-bond acceptors (Lipinski definition) is 7. The van der Waals surface area contributed by atoms with Crippen LogP contribution >= 0.6 is 0 Å². The minimum atomic E-state index is -0.652. The van der Waals surface area contributed by atoms with Gasteiger partial charge in [-0.15, -0.1) is 0 Å². The number of methoxy groups -OCH3 is 1. The number of ether oxygens (including phenoxy) is 4. The molecule has 1 heterocycles. The summed E-state index contributed by atoms with van der Waals surface area (Å²) in [5.41, 5.74) is 0.667. The van der Waals surface area contributed by atoms with Crippen LogP contribution in [-0.4, -0.2) is 57.3 Å². The number of esters is 1. The fourth-order valence-corrected chi connectivity index (χ4v) is 2.19. The minimum absolute atomic E-state index is 0.224. The van der Waals surface area contributed by atoms with Crippen molar-refractivity contribution in [2.75, 3.05) is 40.5 Å². The predicted molar refractivity (Wildman–Crippen MR) is 91.8 cm³/mol. The summed E-state index contributed by atoms with van der Waals surface area (Å²) >= 11 is 0. The van der Waals surface area contributed by atoms with E-state index >= 15 is 0 Å². The Morgan fingerprint density at radius 1 is 1.35 bits per heavy atom. The van der Waals surface area contributed by atoms with Gasteiger partial charge in [-0.25, -0.2) is 4.79 Å². The molecule has 1 aliphatic rings. The Bertz CT molecular complexity index is 721. The van der Waals surface area contributed by atoms with E-state index in [0.717, 1.165) is 0 Å². The Morgan fingerprint density at radius 3 is 2.85 bits per heavy atom. The van der Waals surface area contributed by atoms with Gasteiger partial charge in [0.25, 0.3) is 5.91 Å². The van der Waals surface area contributed by atoms with Crippen molar-refractivity contribution in [2.24, 2.45) is 0 Å². The Labute approximate surface area is 151 Å². The van der Waals surface area contributed by atoms with Crippen molar-refractivity contribution in [3.63, 3.8) is 0 Å². The third kappa shape index (κ3) is 5.14. The van der Waals surface area contributed by atoms with E-state index in [1.165, 1.54) is 24.2 Å². The van der Waals surface area contributed by atoms with Gasteiger partial charge in [-0.1, -0.05) is 0 Å². The van der Waals surface area contributed by atoms with Crippen molar-refractivity contribution in [1.29, 1.82) is 5.26 Å². The van der Waals surface area contributed by atoms with Crippen LogP contribution in [-0.2, 0) is 14.3 Å². The van der Waals surface area contributed by atoms with Crippen molar-refractivity contribution in [1.82, 2.24) is 4.90 Å². The Kier molecular flexibility index (Phi) is 6.85. The van der Waals surface area contributed by atoms with Crippen molar-refractivity contribution in [2.45, 2.75) is 6.42 Å². The van der Waals surface area contributed by atoms with Crippen LogP contribution in [0.1, 0.15) is 12.0 Å². The number of nitriles is 1. The molecule has 1 aromatic carbocycles. The maximum absolute atomic E-state index is 11.8. The molecule has 0 atom stereocenters. The van der Waals surface area contributed by atoms with Gasteiger partial charge in [0.15, 0.2) is 18.1 Å². The molecule has 0 saturated carbocycles. The van der Waals surface area contributed by atoms with Crippen LogP contribution in [0.25, 0.3) is 6.08 Å². The van der Waals surface area contributed by atoms with Gasteiger partial charge < -0.3 is 23.8 Å². The summed E-state index contributed by atoms with van der Waals surface area (Å²) in [5, 5.41) is 8.50. The number of carbonyl (C=O) groups is 2. The molecule has 0 saturated heterocycles. The van der Waals surface area contributed by atoms with Gasteiger partial charge in [0.1, 0.15) is 13.2 Å². The lowest BCUT2D eigenvalue weighted by molar-refractivity contribution is -0.147. The van der Waals surface area contributed by atoms with Crippen molar-refractivity contribution in [3.05, 3.63) is 23.8 Å². The lowest BCUT2D eigenvalue weighted by Crippen LogP contribution is -2.31. The van der Waals surface area contributed by atoms with Gasteiger partial charge in [0.05, 0.1) is 19.6 Å². The molecule has 0 bridgehead atoms. The third-order valence-corrected chi connectivity index (χ3v) is 3.58. The number of fused-ring (bicyclic) bond motifs is 1. The molecule has 1 aromatic rings. The number of hydrogen-bond donors (Lipinski definition) is 0. The molecule has 138 valence electrons. The van der Waals surface area contributed by atoms with Crippen molar-refractivity contribution < 1.29 is 28.5 Å². The average Bonchev–Trinajstić information content (AvgIpc) is 2.67. The fourth-order valence-electron chi connectivity index (χ4n) is 2.19. The fraction of sp³-hybridized carbons (Fsp3) is 0.389. The molecule has 1 aliphatic heterocycles. The van der Waals surface area contributed by atoms with E-state index in [0.29, 0.717) is 42.6 Å². The van der Waals surface area contributed by atoms with Crippen molar-refractivity contribution in [3.8, 4) is 23.3 Å². The molecule has 0 aliphatic carbocycles. The molecule has 0 N–H and O–H groups in total. The second kappa shape index (κ2) is 9.32. The first-order valence-corrected chi connectivity index (χ1v) is 7.98. The standard InChI is InChI=1S/C18H20N2O6/c1-20(7-3-6-19)16(21)12-26-17(22)5-4-13-10-14(23-2)18-15(11-13)24-8-9-25-18/h4-5,10-11H,3,7-9,12H2,1-2H3/b5-4+. The molecule has 0 radical (unpaired) electrons. The average molecular weight is 360 g/mol. The molecule has 0 fully saturated rings. The predicted octanol–water partition coefficient (Wildman–Crippen LogP) is 1.39. The summed E-state index contributed by atoms with van der Waals surface area (Å²) in [6.07, 6.45) is 2.97. The van der Waals surface area contributed by atoms with E-state index in [1.807, 2.05) is 6.07 Å². The SMILES string of the molecule is COc1cc(/C=C/C(=O)OCC(=O)N(C)CCC#N)cc2c1OCCO2. The highest BCUT2D eigenvalue weighted by atomic mass is 16.6. The van der Waals surface area contributed by atoms with E-state index in [1.54, 1.807) is 19.2 Å². The summed E-state index contributed by atoms with van der Waals surface area (Å²) in [7, 11) is 3.06. The summed E-state index contributed by atoms with van der Waals surface area (Å²) in [6.45, 7) is 0.795. The highest BCUT2D eigenvalue weighted by Gasteiger charge is 2.18. The highest BCUT2D eigenvalue weighted by molar-refractivity contribution is 5.89. The van der Waals surface area contributed by atoms with Crippen LogP contribution in [0.5, 0.6) is 17.2 Å². The van der Waals surface area contributed by atoms with Crippen LogP contribution in [0.2, 0.25) is 0 Å². The largest absolute Gasteiger partial charge is 0.493 e. The summed E-state index contributed by atoms with van der Waals surface area (Å²) in [6, 6.07) is 5.38. The van der Waals surface area contributed by atoms with Gasteiger partial charge >= 0.3 is 5.97 Å². The molecule has 8 heteroatoms. The number of benzene rings is 1. The highest BCUT2D eigenvalue weighted by Crippen LogP contribution is 2.40. The Hall–Kier alpha value is -3.21. The molecule has 0 unspecified atom stereocenters. The Morgan fingerprint density at radius 2 is 2.12 bits per heavy atom. The molecule has 0 aromatic heterocycles. The van der Waals surface area contributed by atoms with E-state index in [4.69, 9.17) is 24.2 Å². The number of amides is 1. The first kappa shape index (κ1) is 19.1. The number of rotatable bonds is 7. The molecule has 0 spiro atoms. The lowest BCUT2D eigenvalue weighted by Gasteiger charge is -2.20. The van der Waals surface area contributed by atoms with Gasteiger partial charge in [-0.2, -0.15) is 5.26 Å². The maximum atomic E-state index is 11.8. The van der Waals surface area contributed by atoms with Gasteiger partial charge in [-0.3, -0.25) is 4.79 Å². The van der Waals surface area contributed by atoms with Crippen LogP contribution in [0, 0.1) is 11.3 Å². The van der Waals surface area contributed by atoms with E-state index in [-0.39, 0.29) is 18.9 Å². The second-order valence-electron chi connectivity index (χ2n) is 5.41. The summed E-state index contributed by atoms with van der Waals surface area (Å²) < 4.78 is 21.2. The molecule has 8 nitrogen and oxygen atoms in total. The summed E-state index contributed by atoms with van der Waals surface area (Å²) in [5.74, 6) is 0.552.